The van der Waals surface area contributed by atoms with E-state index in [9.17, 15) is 0 Å². The number of benzene rings is 1. The van der Waals surface area contributed by atoms with Crippen LogP contribution in [0.15, 0.2) is 42.7 Å². The SMILES string of the molecule is Cc1cnc(CN2CCN(CCc3ccccc3)CC2)cn1. The number of hydrogen-bond acceptors (Lipinski definition) is 4. The third kappa shape index (κ3) is 4.36. The van der Waals surface area contributed by atoms with Gasteiger partial charge in [-0.1, -0.05) is 30.3 Å². The molecule has 1 saturated heterocycles. The highest BCUT2D eigenvalue weighted by Gasteiger charge is 2.17. The summed E-state index contributed by atoms with van der Waals surface area (Å²) in [6.07, 6.45) is 4.90. The molecule has 116 valence electrons. The first-order valence-corrected chi connectivity index (χ1v) is 8.06. The minimum Gasteiger partial charge on any atom is -0.300 e. The van der Waals surface area contributed by atoms with Gasteiger partial charge in [-0.05, 0) is 18.9 Å². The summed E-state index contributed by atoms with van der Waals surface area (Å²) in [5.74, 6) is 0. The van der Waals surface area contributed by atoms with E-state index in [4.69, 9.17) is 0 Å². The van der Waals surface area contributed by atoms with E-state index in [1.165, 1.54) is 5.56 Å². The van der Waals surface area contributed by atoms with Crippen LogP contribution in [0.2, 0.25) is 0 Å². The van der Waals surface area contributed by atoms with Gasteiger partial charge in [0, 0.05) is 51.7 Å². The zero-order valence-corrected chi connectivity index (χ0v) is 13.3. The first kappa shape index (κ1) is 15.1. The van der Waals surface area contributed by atoms with Crippen molar-refractivity contribution in [2.45, 2.75) is 19.9 Å². The van der Waals surface area contributed by atoms with Crippen molar-refractivity contribution >= 4 is 0 Å². The molecule has 2 aromatic rings. The lowest BCUT2D eigenvalue weighted by Crippen LogP contribution is -2.46. The van der Waals surface area contributed by atoms with Crippen LogP contribution in [-0.4, -0.2) is 52.5 Å². The Kier molecular flexibility index (Phi) is 5.14. The van der Waals surface area contributed by atoms with Gasteiger partial charge in [0.2, 0.25) is 0 Å². The second-order valence-electron chi connectivity index (χ2n) is 6.00. The third-order valence-corrected chi connectivity index (χ3v) is 4.24. The molecule has 0 saturated carbocycles. The first-order chi connectivity index (χ1) is 10.8. The van der Waals surface area contributed by atoms with Gasteiger partial charge in [0.15, 0.2) is 0 Å². The zero-order chi connectivity index (χ0) is 15.2. The summed E-state index contributed by atoms with van der Waals surface area (Å²) >= 11 is 0. The molecule has 1 aliphatic rings. The summed E-state index contributed by atoms with van der Waals surface area (Å²) in [7, 11) is 0. The fraction of sp³-hybridized carbons (Fsp3) is 0.444. The number of aryl methyl sites for hydroxylation is 1. The molecule has 0 N–H and O–H groups in total. The minimum atomic E-state index is 0.916. The van der Waals surface area contributed by atoms with Crippen LogP contribution in [-0.2, 0) is 13.0 Å². The topological polar surface area (TPSA) is 32.3 Å². The Morgan fingerprint density at radius 3 is 2.32 bits per heavy atom. The molecule has 1 aliphatic heterocycles. The summed E-state index contributed by atoms with van der Waals surface area (Å²) in [6.45, 7) is 8.57. The van der Waals surface area contributed by atoms with Crippen LogP contribution < -0.4 is 0 Å². The molecule has 2 heterocycles. The van der Waals surface area contributed by atoms with Crippen LogP contribution in [0.25, 0.3) is 0 Å². The molecule has 4 nitrogen and oxygen atoms in total. The molecule has 0 atom stereocenters. The van der Waals surface area contributed by atoms with Gasteiger partial charge in [0.1, 0.15) is 0 Å². The molecule has 1 aromatic carbocycles. The van der Waals surface area contributed by atoms with E-state index in [0.717, 1.165) is 57.1 Å². The Morgan fingerprint density at radius 2 is 1.64 bits per heavy atom. The second kappa shape index (κ2) is 7.47. The molecule has 0 bridgehead atoms. The lowest BCUT2D eigenvalue weighted by atomic mass is 10.1. The van der Waals surface area contributed by atoms with Crippen molar-refractivity contribution in [3.63, 3.8) is 0 Å². The lowest BCUT2D eigenvalue weighted by Gasteiger charge is -2.34. The van der Waals surface area contributed by atoms with Crippen molar-refractivity contribution in [1.82, 2.24) is 19.8 Å². The maximum absolute atomic E-state index is 4.45. The van der Waals surface area contributed by atoms with Gasteiger partial charge in [-0.25, -0.2) is 0 Å². The van der Waals surface area contributed by atoms with E-state index in [2.05, 4.69) is 50.1 Å². The maximum atomic E-state index is 4.45. The van der Waals surface area contributed by atoms with Gasteiger partial charge in [0.25, 0.3) is 0 Å². The number of nitrogens with zero attached hydrogens (tertiary/aromatic N) is 4. The highest BCUT2D eigenvalue weighted by atomic mass is 15.3. The number of aromatic nitrogens is 2. The average Bonchev–Trinajstić information content (AvgIpc) is 2.57. The van der Waals surface area contributed by atoms with Crippen molar-refractivity contribution in [2.75, 3.05) is 32.7 Å². The van der Waals surface area contributed by atoms with Gasteiger partial charge in [-0.2, -0.15) is 0 Å². The van der Waals surface area contributed by atoms with E-state index in [0.29, 0.717) is 0 Å². The van der Waals surface area contributed by atoms with Gasteiger partial charge < -0.3 is 4.90 Å². The van der Waals surface area contributed by atoms with Crippen LogP contribution in [0.4, 0.5) is 0 Å². The standard InChI is InChI=1S/C18H24N4/c1-16-13-20-18(14-19-16)15-22-11-9-21(10-12-22)8-7-17-5-3-2-4-6-17/h2-6,13-14H,7-12,15H2,1H3. The van der Waals surface area contributed by atoms with Gasteiger partial charge >= 0.3 is 0 Å². The molecule has 0 aliphatic carbocycles. The van der Waals surface area contributed by atoms with Gasteiger partial charge in [-0.15, -0.1) is 0 Å². The first-order valence-electron chi connectivity index (χ1n) is 8.06. The number of hydrogen-bond donors (Lipinski definition) is 0. The van der Waals surface area contributed by atoms with E-state index in [-0.39, 0.29) is 0 Å². The molecule has 0 radical (unpaired) electrons. The van der Waals surface area contributed by atoms with E-state index in [1.807, 2.05) is 19.3 Å². The van der Waals surface area contributed by atoms with Crippen molar-refractivity contribution in [2.24, 2.45) is 0 Å². The molecule has 3 rings (SSSR count). The number of rotatable bonds is 5. The highest BCUT2D eigenvalue weighted by Crippen LogP contribution is 2.08. The fourth-order valence-corrected chi connectivity index (χ4v) is 2.83. The van der Waals surface area contributed by atoms with E-state index < -0.39 is 0 Å². The Bertz CT molecular complexity index is 559. The molecule has 0 spiro atoms. The molecule has 22 heavy (non-hydrogen) atoms. The van der Waals surface area contributed by atoms with Crippen molar-refractivity contribution < 1.29 is 0 Å². The second-order valence-corrected chi connectivity index (χ2v) is 6.00. The molecule has 1 aromatic heterocycles. The van der Waals surface area contributed by atoms with Crippen LogP contribution in [0.5, 0.6) is 0 Å². The van der Waals surface area contributed by atoms with Gasteiger partial charge in [0.05, 0.1) is 11.4 Å². The van der Waals surface area contributed by atoms with Crippen LogP contribution in [0.3, 0.4) is 0 Å². The monoisotopic (exact) mass is 296 g/mol. The molecule has 1 fully saturated rings. The third-order valence-electron chi connectivity index (χ3n) is 4.24. The largest absolute Gasteiger partial charge is 0.300 e. The molecular weight excluding hydrogens is 272 g/mol. The normalized spacial score (nSPS) is 16.8. The quantitative estimate of drug-likeness (QED) is 0.846. The molecule has 4 heteroatoms. The van der Waals surface area contributed by atoms with Gasteiger partial charge in [-0.3, -0.25) is 14.9 Å². The van der Waals surface area contributed by atoms with E-state index >= 15 is 0 Å². The lowest BCUT2D eigenvalue weighted by molar-refractivity contribution is 0.127. The molecule has 0 amide bonds. The van der Waals surface area contributed by atoms with E-state index in [1.54, 1.807) is 0 Å². The Morgan fingerprint density at radius 1 is 0.909 bits per heavy atom. The predicted molar refractivity (Wildman–Crippen MR) is 88.6 cm³/mol. The van der Waals surface area contributed by atoms with Crippen molar-refractivity contribution in [1.29, 1.82) is 0 Å². The molecule has 0 unspecified atom stereocenters. The fourth-order valence-electron chi connectivity index (χ4n) is 2.83. The Hall–Kier alpha value is -1.78. The smallest absolute Gasteiger partial charge is 0.0727 e. The summed E-state index contributed by atoms with van der Waals surface area (Å²) in [5.41, 5.74) is 3.48. The maximum Gasteiger partial charge on any atom is 0.0727 e. The summed E-state index contributed by atoms with van der Waals surface area (Å²) in [4.78, 5) is 13.8. The molecular formula is C18H24N4. The van der Waals surface area contributed by atoms with Crippen LogP contribution in [0, 0.1) is 6.92 Å². The Labute approximate surface area is 132 Å². The number of piperazine rings is 1. The predicted octanol–water partition coefficient (Wildman–Crippen LogP) is 2.15. The Balaban J connectivity index is 1.41. The summed E-state index contributed by atoms with van der Waals surface area (Å²) in [5, 5.41) is 0. The van der Waals surface area contributed by atoms with Crippen molar-refractivity contribution in [3.05, 3.63) is 59.7 Å². The van der Waals surface area contributed by atoms with Crippen LogP contribution in [0.1, 0.15) is 17.0 Å². The van der Waals surface area contributed by atoms with Crippen LogP contribution >= 0.6 is 0 Å². The average molecular weight is 296 g/mol. The zero-order valence-electron chi connectivity index (χ0n) is 13.3. The summed E-state index contributed by atoms with van der Waals surface area (Å²) < 4.78 is 0. The highest BCUT2D eigenvalue weighted by molar-refractivity contribution is 5.14. The minimum absolute atomic E-state index is 0.916. The summed E-state index contributed by atoms with van der Waals surface area (Å²) in [6, 6.07) is 10.8. The van der Waals surface area contributed by atoms with Crippen molar-refractivity contribution in [3.8, 4) is 0 Å².